The molecular weight excluding hydrogens is 244 g/mol. The van der Waals surface area contributed by atoms with E-state index in [-0.39, 0.29) is 5.69 Å². The summed E-state index contributed by atoms with van der Waals surface area (Å²) in [4.78, 5) is 10.9. The Morgan fingerprint density at radius 1 is 1.16 bits per heavy atom. The zero-order chi connectivity index (χ0) is 13.4. The fourth-order valence-corrected chi connectivity index (χ4v) is 1.95. The molecule has 6 nitrogen and oxygen atoms in total. The Morgan fingerprint density at radius 3 is 2.58 bits per heavy atom. The van der Waals surface area contributed by atoms with Crippen LogP contribution in [0.4, 0.5) is 0 Å². The van der Waals surface area contributed by atoms with Gasteiger partial charge in [-0.3, -0.25) is 0 Å². The lowest BCUT2D eigenvalue weighted by atomic mass is 10.1. The second-order valence-corrected chi connectivity index (χ2v) is 4.11. The van der Waals surface area contributed by atoms with Crippen molar-refractivity contribution in [3.63, 3.8) is 0 Å². The number of aryl methyl sites for hydroxylation is 1. The molecule has 0 unspecified atom stereocenters. The molecule has 0 aliphatic heterocycles. The number of carboxylic acid groups (broad SMARTS) is 1. The third-order valence-corrected chi connectivity index (χ3v) is 2.88. The monoisotopic (exact) mass is 254 g/mol. The van der Waals surface area contributed by atoms with Gasteiger partial charge in [0.1, 0.15) is 0 Å². The molecule has 0 saturated heterocycles. The molecule has 0 fully saturated rings. The van der Waals surface area contributed by atoms with E-state index < -0.39 is 5.97 Å². The van der Waals surface area contributed by atoms with Gasteiger partial charge in [0.15, 0.2) is 11.5 Å². The first-order valence-corrected chi connectivity index (χ1v) is 5.68. The number of carboxylic acids is 1. The van der Waals surface area contributed by atoms with Crippen LogP contribution in [-0.4, -0.2) is 31.1 Å². The first-order valence-electron chi connectivity index (χ1n) is 5.68. The fourth-order valence-electron chi connectivity index (χ4n) is 1.95. The number of nitrogens with zero attached hydrogens (tertiary/aromatic N) is 4. The number of benzene rings is 1. The molecule has 0 spiro atoms. The van der Waals surface area contributed by atoms with Crippen LogP contribution in [0.15, 0.2) is 36.5 Å². The van der Waals surface area contributed by atoms with Crippen LogP contribution in [0.1, 0.15) is 16.2 Å². The highest BCUT2D eigenvalue weighted by Crippen LogP contribution is 2.21. The van der Waals surface area contributed by atoms with E-state index in [1.54, 1.807) is 6.20 Å². The molecular formula is C13H10N4O2. The molecule has 6 heteroatoms. The molecule has 0 atom stereocenters. The third kappa shape index (κ3) is 1.83. The quantitative estimate of drug-likeness (QED) is 0.754. The molecule has 3 aromatic rings. The molecule has 0 radical (unpaired) electrons. The molecule has 1 N–H and O–H groups in total. The molecule has 19 heavy (non-hydrogen) atoms. The first-order chi connectivity index (χ1) is 9.16. The fraction of sp³-hybridized carbons (Fsp3) is 0.0769. The maximum atomic E-state index is 10.9. The van der Waals surface area contributed by atoms with Crippen molar-refractivity contribution in [1.82, 2.24) is 20.0 Å². The minimum Gasteiger partial charge on any atom is -0.476 e. The number of rotatable bonds is 2. The first kappa shape index (κ1) is 11.3. The zero-order valence-electron chi connectivity index (χ0n) is 10.1. The van der Waals surface area contributed by atoms with Gasteiger partial charge in [-0.1, -0.05) is 24.3 Å². The van der Waals surface area contributed by atoms with Gasteiger partial charge in [0.05, 0.1) is 5.69 Å². The van der Waals surface area contributed by atoms with Gasteiger partial charge in [0.25, 0.3) is 0 Å². The van der Waals surface area contributed by atoms with Crippen molar-refractivity contribution < 1.29 is 9.90 Å². The third-order valence-electron chi connectivity index (χ3n) is 2.88. The summed E-state index contributed by atoms with van der Waals surface area (Å²) < 4.78 is 1.43. The van der Waals surface area contributed by atoms with Crippen molar-refractivity contribution in [2.24, 2.45) is 0 Å². The Hall–Kier alpha value is -2.76. The van der Waals surface area contributed by atoms with Gasteiger partial charge in [-0.2, -0.15) is 10.2 Å². The van der Waals surface area contributed by atoms with E-state index in [1.807, 2.05) is 31.2 Å². The van der Waals surface area contributed by atoms with Crippen LogP contribution < -0.4 is 0 Å². The van der Waals surface area contributed by atoms with Gasteiger partial charge in [-0.25, -0.2) is 9.48 Å². The predicted octanol–water partition coefficient (Wildman–Crippen LogP) is 1.82. The maximum absolute atomic E-state index is 10.9. The lowest BCUT2D eigenvalue weighted by Gasteiger charge is -2.06. The van der Waals surface area contributed by atoms with Crippen LogP contribution in [0.5, 0.6) is 0 Å². The standard InChI is InChI=1S/C13H10N4O2/c1-8-9-4-2-3-5-10(9)12(15-14-8)17-7-6-11(16-17)13(18)19/h2-7H,1H3,(H,18,19). The van der Waals surface area contributed by atoms with E-state index in [0.29, 0.717) is 5.82 Å². The Kier molecular flexibility index (Phi) is 2.49. The van der Waals surface area contributed by atoms with E-state index in [0.717, 1.165) is 16.5 Å². The average Bonchev–Trinajstić information content (AvgIpc) is 2.89. The summed E-state index contributed by atoms with van der Waals surface area (Å²) in [6.07, 6.45) is 1.56. The van der Waals surface area contributed by atoms with Gasteiger partial charge in [-0.15, -0.1) is 5.10 Å². The van der Waals surface area contributed by atoms with E-state index in [2.05, 4.69) is 15.3 Å². The second-order valence-electron chi connectivity index (χ2n) is 4.11. The van der Waals surface area contributed by atoms with Gasteiger partial charge in [0, 0.05) is 17.0 Å². The molecule has 0 aliphatic carbocycles. The molecule has 0 bridgehead atoms. The molecule has 2 aromatic heterocycles. The van der Waals surface area contributed by atoms with Crippen LogP contribution in [0.2, 0.25) is 0 Å². The predicted molar refractivity (Wildman–Crippen MR) is 68.4 cm³/mol. The highest BCUT2D eigenvalue weighted by atomic mass is 16.4. The van der Waals surface area contributed by atoms with Crippen molar-refractivity contribution in [2.45, 2.75) is 6.92 Å². The Morgan fingerprint density at radius 2 is 1.89 bits per heavy atom. The topological polar surface area (TPSA) is 80.9 Å². The van der Waals surface area contributed by atoms with Gasteiger partial charge >= 0.3 is 5.97 Å². The lowest BCUT2D eigenvalue weighted by molar-refractivity contribution is 0.0690. The number of hydrogen-bond donors (Lipinski definition) is 1. The summed E-state index contributed by atoms with van der Waals surface area (Å²) in [6, 6.07) is 9.11. The minimum atomic E-state index is -1.07. The highest BCUT2D eigenvalue weighted by Gasteiger charge is 2.12. The SMILES string of the molecule is Cc1nnc(-n2ccc(C(=O)O)n2)c2ccccc12. The molecule has 0 amide bonds. The zero-order valence-corrected chi connectivity index (χ0v) is 10.1. The summed E-state index contributed by atoms with van der Waals surface area (Å²) in [5, 5.41) is 22.9. The van der Waals surface area contributed by atoms with E-state index in [1.165, 1.54) is 10.7 Å². The molecule has 3 rings (SSSR count). The smallest absolute Gasteiger partial charge is 0.356 e. The normalized spacial score (nSPS) is 10.8. The van der Waals surface area contributed by atoms with Gasteiger partial charge < -0.3 is 5.11 Å². The number of aromatic carboxylic acids is 1. The van der Waals surface area contributed by atoms with Crippen molar-refractivity contribution >= 4 is 16.7 Å². The number of fused-ring (bicyclic) bond motifs is 1. The largest absolute Gasteiger partial charge is 0.476 e. The van der Waals surface area contributed by atoms with E-state index >= 15 is 0 Å². The second kappa shape index (κ2) is 4.16. The molecule has 1 aromatic carbocycles. The van der Waals surface area contributed by atoms with Crippen LogP contribution in [-0.2, 0) is 0 Å². The Labute approximate surface area is 108 Å². The Balaban J connectivity index is 2.24. The number of carbonyl (C=O) groups is 1. The van der Waals surface area contributed by atoms with Gasteiger partial charge in [0.2, 0.25) is 0 Å². The van der Waals surface area contributed by atoms with Crippen LogP contribution in [0, 0.1) is 6.92 Å². The van der Waals surface area contributed by atoms with E-state index in [9.17, 15) is 4.79 Å². The summed E-state index contributed by atoms with van der Waals surface area (Å²) >= 11 is 0. The lowest BCUT2D eigenvalue weighted by Crippen LogP contribution is -2.05. The van der Waals surface area contributed by atoms with Crippen LogP contribution in [0.3, 0.4) is 0 Å². The molecule has 0 aliphatic rings. The summed E-state index contributed by atoms with van der Waals surface area (Å²) in [7, 11) is 0. The molecule has 2 heterocycles. The number of aromatic nitrogens is 4. The van der Waals surface area contributed by atoms with Crippen molar-refractivity contribution in [1.29, 1.82) is 0 Å². The van der Waals surface area contributed by atoms with Crippen molar-refractivity contribution in [2.75, 3.05) is 0 Å². The molecule has 94 valence electrons. The summed E-state index contributed by atoms with van der Waals surface area (Å²) in [5.41, 5.74) is 0.802. The number of hydrogen-bond acceptors (Lipinski definition) is 4. The summed E-state index contributed by atoms with van der Waals surface area (Å²) in [6.45, 7) is 1.88. The van der Waals surface area contributed by atoms with Crippen molar-refractivity contribution in [3.8, 4) is 5.82 Å². The average molecular weight is 254 g/mol. The minimum absolute atomic E-state index is 0.0218. The van der Waals surface area contributed by atoms with Crippen LogP contribution in [0.25, 0.3) is 16.6 Å². The summed E-state index contributed by atoms with van der Waals surface area (Å²) in [5.74, 6) is -0.545. The van der Waals surface area contributed by atoms with Crippen molar-refractivity contribution in [3.05, 3.63) is 47.9 Å². The Bertz CT molecular complexity index is 779. The highest BCUT2D eigenvalue weighted by molar-refractivity contribution is 5.90. The van der Waals surface area contributed by atoms with E-state index in [4.69, 9.17) is 5.11 Å². The molecule has 0 saturated carbocycles. The van der Waals surface area contributed by atoms with Gasteiger partial charge in [-0.05, 0) is 13.0 Å². The maximum Gasteiger partial charge on any atom is 0.356 e. The van der Waals surface area contributed by atoms with Crippen LogP contribution >= 0.6 is 0 Å².